The predicted octanol–water partition coefficient (Wildman–Crippen LogP) is 1.84. The summed E-state index contributed by atoms with van der Waals surface area (Å²) in [4.78, 5) is 11.8. The molecule has 1 aromatic heterocycles. The van der Waals surface area contributed by atoms with Gasteiger partial charge in [0.15, 0.2) is 24.0 Å². The van der Waals surface area contributed by atoms with E-state index in [4.69, 9.17) is 4.74 Å². The van der Waals surface area contributed by atoms with Crippen LogP contribution in [0, 0.1) is 5.82 Å². The van der Waals surface area contributed by atoms with Crippen molar-refractivity contribution in [1.82, 2.24) is 20.1 Å². The molecule has 7 heteroatoms. The van der Waals surface area contributed by atoms with Crippen molar-refractivity contribution in [3.8, 4) is 5.75 Å². The molecular formula is C16H19FN4O2. The van der Waals surface area contributed by atoms with Crippen molar-refractivity contribution in [3.05, 3.63) is 41.7 Å². The lowest BCUT2D eigenvalue weighted by atomic mass is 10.2. The summed E-state index contributed by atoms with van der Waals surface area (Å²) in [5.74, 6) is 0.997. The maximum Gasteiger partial charge on any atom is 0.258 e. The number of aryl methyl sites for hydroxylation is 1. The van der Waals surface area contributed by atoms with Gasteiger partial charge in [-0.1, -0.05) is 18.6 Å². The minimum atomic E-state index is -0.483. The summed E-state index contributed by atoms with van der Waals surface area (Å²) in [6.07, 6.45) is 4.34. The standard InChI is InChI=1S/C16H19FN4O2/c17-12-6-3-4-7-13(12)23-11-16(22)18-10-15-20-19-14-8-2-1-5-9-21(14)15/h3-4,6-7H,1-2,5,8-11H2,(H,18,22). The van der Waals surface area contributed by atoms with E-state index in [1.165, 1.54) is 18.6 Å². The van der Waals surface area contributed by atoms with Gasteiger partial charge in [-0.3, -0.25) is 4.79 Å². The summed E-state index contributed by atoms with van der Waals surface area (Å²) in [5, 5.41) is 11.1. The molecule has 1 aliphatic rings. The molecule has 1 aliphatic heterocycles. The highest BCUT2D eigenvalue weighted by Crippen LogP contribution is 2.15. The number of fused-ring (bicyclic) bond motifs is 1. The van der Waals surface area contributed by atoms with Crippen molar-refractivity contribution >= 4 is 5.91 Å². The molecule has 0 bridgehead atoms. The second-order valence-electron chi connectivity index (χ2n) is 5.49. The van der Waals surface area contributed by atoms with Gasteiger partial charge in [-0.05, 0) is 25.0 Å². The summed E-state index contributed by atoms with van der Waals surface area (Å²) < 4.78 is 20.6. The Kier molecular flexibility index (Phi) is 4.85. The van der Waals surface area contributed by atoms with Crippen LogP contribution in [0.3, 0.4) is 0 Å². The second-order valence-corrected chi connectivity index (χ2v) is 5.49. The smallest absolute Gasteiger partial charge is 0.258 e. The lowest BCUT2D eigenvalue weighted by molar-refractivity contribution is -0.123. The maximum atomic E-state index is 13.4. The molecule has 6 nitrogen and oxygen atoms in total. The van der Waals surface area contributed by atoms with E-state index in [0.29, 0.717) is 6.54 Å². The molecule has 0 radical (unpaired) electrons. The largest absolute Gasteiger partial charge is 0.481 e. The first-order valence-electron chi connectivity index (χ1n) is 7.79. The SMILES string of the molecule is O=C(COc1ccccc1F)NCc1nnc2n1CCCCC2. The van der Waals surface area contributed by atoms with Crippen LogP contribution in [0.15, 0.2) is 24.3 Å². The zero-order valence-electron chi connectivity index (χ0n) is 12.8. The van der Waals surface area contributed by atoms with Gasteiger partial charge in [-0.25, -0.2) is 4.39 Å². The molecular weight excluding hydrogens is 299 g/mol. The van der Waals surface area contributed by atoms with Gasteiger partial charge < -0.3 is 14.6 Å². The minimum Gasteiger partial charge on any atom is -0.481 e. The molecule has 1 N–H and O–H groups in total. The van der Waals surface area contributed by atoms with Crippen LogP contribution in [0.1, 0.15) is 30.9 Å². The Morgan fingerprint density at radius 3 is 3.00 bits per heavy atom. The van der Waals surface area contributed by atoms with Gasteiger partial charge in [0.2, 0.25) is 0 Å². The topological polar surface area (TPSA) is 69.0 Å². The monoisotopic (exact) mass is 318 g/mol. The Hall–Kier alpha value is -2.44. The summed E-state index contributed by atoms with van der Waals surface area (Å²) in [6.45, 7) is 0.952. The van der Waals surface area contributed by atoms with Gasteiger partial charge in [0.25, 0.3) is 5.91 Å². The van der Waals surface area contributed by atoms with Crippen molar-refractivity contribution in [1.29, 1.82) is 0 Å². The summed E-state index contributed by atoms with van der Waals surface area (Å²) in [6, 6.07) is 6.00. The van der Waals surface area contributed by atoms with E-state index >= 15 is 0 Å². The molecule has 2 aromatic rings. The van der Waals surface area contributed by atoms with Gasteiger partial charge >= 0.3 is 0 Å². The third-order valence-electron chi connectivity index (χ3n) is 3.83. The number of amides is 1. The number of nitrogens with zero attached hydrogens (tertiary/aromatic N) is 3. The molecule has 23 heavy (non-hydrogen) atoms. The highest BCUT2D eigenvalue weighted by atomic mass is 19.1. The number of halogens is 1. The Morgan fingerprint density at radius 1 is 1.26 bits per heavy atom. The minimum absolute atomic E-state index is 0.0685. The number of aromatic nitrogens is 3. The fourth-order valence-electron chi connectivity index (χ4n) is 2.61. The van der Waals surface area contributed by atoms with Crippen LogP contribution in [0.5, 0.6) is 5.75 Å². The highest BCUT2D eigenvalue weighted by molar-refractivity contribution is 5.77. The second kappa shape index (κ2) is 7.21. The van der Waals surface area contributed by atoms with Gasteiger partial charge in [0.05, 0.1) is 6.54 Å². The van der Waals surface area contributed by atoms with Gasteiger partial charge in [-0.2, -0.15) is 0 Å². The van der Waals surface area contributed by atoms with E-state index < -0.39 is 5.82 Å². The molecule has 0 spiro atoms. The van der Waals surface area contributed by atoms with Crippen LogP contribution in [-0.4, -0.2) is 27.3 Å². The average molecular weight is 318 g/mol. The quantitative estimate of drug-likeness (QED) is 0.913. The summed E-state index contributed by atoms with van der Waals surface area (Å²) >= 11 is 0. The molecule has 1 aromatic carbocycles. The van der Waals surface area contributed by atoms with Crippen LogP contribution in [0.4, 0.5) is 4.39 Å². The Labute approximate surface area is 133 Å². The van der Waals surface area contributed by atoms with Crippen LogP contribution in [0.2, 0.25) is 0 Å². The fraction of sp³-hybridized carbons (Fsp3) is 0.438. The molecule has 0 fully saturated rings. The lowest BCUT2D eigenvalue weighted by Gasteiger charge is -2.09. The van der Waals surface area contributed by atoms with Crippen molar-refractivity contribution in [2.24, 2.45) is 0 Å². The van der Waals surface area contributed by atoms with E-state index in [0.717, 1.165) is 37.5 Å². The highest BCUT2D eigenvalue weighted by Gasteiger charge is 2.15. The van der Waals surface area contributed by atoms with Crippen molar-refractivity contribution < 1.29 is 13.9 Å². The van der Waals surface area contributed by atoms with Crippen LogP contribution in [-0.2, 0) is 24.3 Å². The zero-order valence-corrected chi connectivity index (χ0v) is 12.8. The van der Waals surface area contributed by atoms with E-state index in [1.807, 2.05) is 0 Å². The van der Waals surface area contributed by atoms with E-state index in [2.05, 4.69) is 20.1 Å². The number of hydrogen-bond donors (Lipinski definition) is 1. The number of carbonyl (C=O) groups is 1. The molecule has 0 aliphatic carbocycles. The number of para-hydroxylation sites is 1. The van der Waals surface area contributed by atoms with Gasteiger partial charge in [-0.15, -0.1) is 10.2 Å². The predicted molar refractivity (Wildman–Crippen MR) is 81.3 cm³/mol. The average Bonchev–Trinajstić information content (AvgIpc) is 2.78. The lowest BCUT2D eigenvalue weighted by Crippen LogP contribution is -2.29. The number of benzene rings is 1. The van der Waals surface area contributed by atoms with Crippen molar-refractivity contribution in [2.45, 2.75) is 38.8 Å². The third kappa shape index (κ3) is 3.85. The number of nitrogens with one attached hydrogen (secondary N) is 1. The van der Waals surface area contributed by atoms with Gasteiger partial charge in [0, 0.05) is 13.0 Å². The molecule has 0 unspecified atom stereocenters. The first-order valence-corrected chi connectivity index (χ1v) is 7.79. The zero-order chi connectivity index (χ0) is 16.1. The van der Waals surface area contributed by atoms with E-state index in [9.17, 15) is 9.18 Å². The number of hydrogen-bond acceptors (Lipinski definition) is 4. The molecule has 122 valence electrons. The molecule has 0 saturated carbocycles. The molecule has 1 amide bonds. The van der Waals surface area contributed by atoms with Gasteiger partial charge in [0.1, 0.15) is 5.82 Å². The fourth-order valence-corrected chi connectivity index (χ4v) is 2.61. The van der Waals surface area contributed by atoms with E-state index in [1.54, 1.807) is 12.1 Å². The molecule has 3 rings (SSSR count). The maximum absolute atomic E-state index is 13.4. The van der Waals surface area contributed by atoms with Crippen LogP contribution >= 0.6 is 0 Å². The third-order valence-corrected chi connectivity index (χ3v) is 3.83. The molecule has 0 atom stereocenters. The Bertz CT molecular complexity index is 686. The summed E-state index contributed by atoms with van der Waals surface area (Å²) in [7, 11) is 0. The number of rotatable bonds is 5. The first kappa shape index (κ1) is 15.5. The van der Waals surface area contributed by atoms with Crippen LogP contribution in [0.25, 0.3) is 0 Å². The van der Waals surface area contributed by atoms with Crippen molar-refractivity contribution in [2.75, 3.05) is 6.61 Å². The van der Waals surface area contributed by atoms with Crippen LogP contribution < -0.4 is 10.1 Å². The number of ether oxygens (including phenoxy) is 1. The summed E-state index contributed by atoms with van der Waals surface area (Å²) in [5.41, 5.74) is 0. The normalized spacial score (nSPS) is 14.0. The molecule has 0 saturated heterocycles. The number of carbonyl (C=O) groups excluding carboxylic acids is 1. The Balaban J connectivity index is 1.51. The Morgan fingerprint density at radius 2 is 2.13 bits per heavy atom. The molecule has 2 heterocycles. The van der Waals surface area contributed by atoms with E-state index in [-0.39, 0.29) is 18.3 Å². The van der Waals surface area contributed by atoms with Crippen molar-refractivity contribution in [3.63, 3.8) is 0 Å². The first-order chi connectivity index (χ1) is 11.2.